The summed E-state index contributed by atoms with van der Waals surface area (Å²) in [7, 11) is 1.62. The standard InChI is InChI=1S/C30H28N10O/c1-17-5-6-19(15-35-17)30(41)39-23-10-7-18-14-20(8-9-21(18)23)40-28(22-4-3-13-34-26(22)31)38-25-12-11-24(37-29(25)40)27(32)36-16-33-2/h3-6,8-9,11-16,23H,7,10H2,1-2H3,(H2,31,34)(H,39,41)(H2,32,33,36). The zero-order valence-electron chi connectivity index (χ0n) is 22.6. The average molecular weight is 545 g/mol. The number of aryl methyl sites for hydroxylation is 2. The molecule has 0 bridgehead atoms. The largest absolute Gasteiger partial charge is 0.383 e. The van der Waals surface area contributed by atoms with Gasteiger partial charge in [-0.1, -0.05) is 6.07 Å². The van der Waals surface area contributed by atoms with Crippen molar-refractivity contribution in [2.24, 2.45) is 15.7 Å². The van der Waals surface area contributed by atoms with Crippen LogP contribution in [0.25, 0.3) is 28.2 Å². The average Bonchev–Trinajstić information content (AvgIpc) is 3.56. The van der Waals surface area contributed by atoms with Gasteiger partial charge in [-0.2, -0.15) is 0 Å². The lowest BCUT2D eigenvalue weighted by Crippen LogP contribution is -2.27. The molecule has 0 saturated carbocycles. The maximum Gasteiger partial charge on any atom is 0.253 e. The van der Waals surface area contributed by atoms with Gasteiger partial charge in [-0.3, -0.25) is 19.3 Å². The minimum atomic E-state index is -0.140. The van der Waals surface area contributed by atoms with E-state index >= 15 is 0 Å². The molecule has 4 aromatic heterocycles. The lowest BCUT2D eigenvalue weighted by molar-refractivity contribution is 0.0936. The zero-order valence-corrected chi connectivity index (χ0v) is 22.6. The third-order valence-corrected chi connectivity index (χ3v) is 7.10. The van der Waals surface area contributed by atoms with Crippen LogP contribution in [0.15, 0.2) is 77.0 Å². The first kappa shape index (κ1) is 25.8. The van der Waals surface area contributed by atoms with Gasteiger partial charge in [0, 0.05) is 30.8 Å². The summed E-state index contributed by atoms with van der Waals surface area (Å²) in [5, 5.41) is 3.16. The van der Waals surface area contributed by atoms with Crippen molar-refractivity contribution in [3.05, 3.63) is 95.1 Å². The number of aromatic nitrogens is 5. The van der Waals surface area contributed by atoms with Gasteiger partial charge in [0.2, 0.25) is 0 Å². The first-order valence-corrected chi connectivity index (χ1v) is 13.1. The van der Waals surface area contributed by atoms with E-state index in [0.717, 1.165) is 35.3 Å². The van der Waals surface area contributed by atoms with E-state index < -0.39 is 0 Å². The Hall–Kier alpha value is -5.45. The molecule has 41 heavy (non-hydrogen) atoms. The molecule has 0 saturated heterocycles. The molecular formula is C30H28N10O. The molecule has 4 heterocycles. The molecule has 5 N–H and O–H groups in total. The van der Waals surface area contributed by atoms with Crippen molar-refractivity contribution in [3.8, 4) is 17.1 Å². The maximum atomic E-state index is 12.9. The number of rotatable bonds is 6. The lowest BCUT2D eigenvalue weighted by atomic mass is 10.1. The Bertz CT molecular complexity index is 1840. The van der Waals surface area contributed by atoms with Crippen LogP contribution >= 0.6 is 0 Å². The Morgan fingerprint density at radius 2 is 2.00 bits per heavy atom. The molecule has 11 nitrogen and oxygen atoms in total. The van der Waals surface area contributed by atoms with Crippen molar-refractivity contribution in [2.75, 3.05) is 12.8 Å². The van der Waals surface area contributed by atoms with Crippen LogP contribution in [0.2, 0.25) is 0 Å². The molecule has 0 spiro atoms. The monoisotopic (exact) mass is 544 g/mol. The summed E-state index contributed by atoms with van der Waals surface area (Å²) in [6.45, 7) is 1.89. The highest BCUT2D eigenvalue weighted by Gasteiger charge is 2.26. The molecule has 0 radical (unpaired) electrons. The van der Waals surface area contributed by atoms with Crippen molar-refractivity contribution in [3.63, 3.8) is 0 Å². The van der Waals surface area contributed by atoms with Gasteiger partial charge in [-0.15, -0.1) is 0 Å². The minimum Gasteiger partial charge on any atom is -0.383 e. The van der Waals surface area contributed by atoms with Crippen molar-refractivity contribution in [1.29, 1.82) is 0 Å². The Labute approximate surface area is 236 Å². The van der Waals surface area contributed by atoms with Crippen LogP contribution in [0.5, 0.6) is 0 Å². The van der Waals surface area contributed by atoms with Crippen LogP contribution < -0.4 is 16.8 Å². The Balaban J connectivity index is 1.42. The number of amides is 1. The quantitative estimate of drug-likeness (QED) is 0.217. The van der Waals surface area contributed by atoms with Gasteiger partial charge in [-0.05, 0) is 79.4 Å². The fraction of sp³-hybridized carbons (Fsp3) is 0.167. The number of fused-ring (bicyclic) bond motifs is 2. The predicted octanol–water partition coefficient (Wildman–Crippen LogP) is 3.55. The van der Waals surface area contributed by atoms with E-state index in [-0.39, 0.29) is 17.8 Å². The summed E-state index contributed by atoms with van der Waals surface area (Å²) in [6.07, 6.45) is 6.24. The number of amidine groups is 1. The summed E-state index contributed by atoms with van der Waals surface area (Å²) in [5.74, 6) is 1.07. The number of hydrogen-bond donors (Lipinski definition) is 3. The highest BCUT2D eigenvalue weighted by Crippen LogP contribution is 2.36. The van der Waals surface area contributed by atoms with Crippen molar-refractivity contribution in [1.82, 2.24) is 29.8 Å². The Morgan fingerprint density at radius 3 is 2.78 bits per heavy atom. The smallest absolute Gasteiger partial charge is 0.253 e. The molecule has 1 unspecified atom stereocenters. The second-order valence-corrected chi connectivity index (χ2v) is 9.77. The van der Waals surface area contributed by atoms with E-state index in [1.165, 1.54) is 6.34 Å². The summed E-state index contributed by atoms with van der Waals surface area (Å²) < 4.78 is 1.96. The predicted molar refractivity (Wildman–Crippen MR) is 159 cm³/mol. The number of aliphatic imine (C=N–C) groups is 2. The first-order valence-electron chi connectivity index (χ1n) is 13.1. The van der Waals surface area contributed by atoms with Gasteiger partial charge < -0.3 is 16.8 Å². The van der Waals surface area contributed by atoms with Gasteiger partial charge in [0.05, 0.1) is 17.2 Å². The topological polar surface area (TPSA) is 162 Å². The van der Waals surface area contributed by atoms with E-state index in [4.69, 9.17) is 21.4 Å². The van der Waals surface area contributed by atoms with Gasteiger partial charge in [0.1, 0.15) is 23.4 Å². The minimum absolute atomic E-state index is 0.0956. The van der Waals surface area contributed by atoms with Crippen LogP contribution in [0, 0.1) is 6.92 Å². The summed E-state index contributed by atoms with van der Waals surface area (Å²) in [4.78, 5) is 39.1. The number of nitrogens with one attached hydrogen (secondary N) is 1. The van der Waals surface area contributed by atoms with E-state index in [1.54, 1.807) is 31.6 Å². The number of hydrogen-bond acceptors (Lipinski definition) is 7. The van der Waals surface area contributed by atoms with Crippen LogP contribution in [0.3, 0.4) is 0 Å². The van der Waals surface area contributed by atoms with Crippen LogP contribution in [0.1, 0.15) is 45.3 Å². The molecule has 1 aliphatic rings. The number of carbonyl (C=O) groups excluding carboxylic acids is 1. The number of benzene rings is 1. The number of nitrogens with two attached hydrogens (primary N) is 2. The van der Waals surface area contributed by atoms with Crippen LogP contribution in [-0.2, 0) is 6.42 Å². The zero-order chi connectivity index (χ0) is 28.5. The van der Waals surface area contributed by atoms with Crippen molar-refractivity contribution in [2.45, 2.75) is 25.8 Å². The third kappa shape index (κ3) is 4.89. The molecule has 0 fully saturated rings. The molecular weight excluding hydrogens is 516 g/mol. The van der Waals surface area contributed by atoms with E-state index in [9.17, 15) is 4.79 Å². The number of nitrogen functional groups attached to an aromatic ring is 1. The number of anilines is 1. The van der Waals surface area contributed by atoms with E-state index in [1.807, 2.05) is 41.8 Å². The summed E-state index contributed by atoms with van der Waals surface area (Å²) in [5.41, 5.74) is 19.4. The number of nitrogens with zero attached hydrogens (tertiary/aromatic N) is 7. The fourth-order valence-corrected chi connectivity index (χ4v) is 5.05. The molecule has 204 valence electrons. The third-order valence-electron chi connectivity index (χ3n) is 7.10. The van der Waals surface area contributed by atoms with Crippen LogP contribution in [-0.4, -0.2) is 49.6 Å². The molecule has 1 amide bonds. The molecule has 1 aromatic carbocycles. The summed E-state index contributed by atoms with van der Waals surface area (Å²) >= 11 is 0. The second kappa shape index (κ2) is 10.6. The molecule has 11 heteroatoms. The number of pyridine rings is 3. The molecule has 6 rings (SSSR count). The highest BCUT2D eigenvalue weighted by atomic mass is 16.1. The van der Waals surface area contributed by atoms with E-state index in [0.29, 0.717) is 39.6 Å². The number of carbonyl (C=O) groups is 1. The maximum absolute atomic E-state index is 12.9. The molecule has 0 aliphatic heterocycles. The normalized spacial score (nSPS) is 15.0. The van der Waals surface area contributed by atoms with E-state index in [2.05, 4.69) is 37.4 Å². The Morgan fingerprint density at radius 1 is 1.12 bits per heavy atom. The summed E-state index contributed by atoms with van der Waals surface area (Å²) in [6, 6.07) is 17.0. The van der Waals surface area contributed by atoms with Crippen molar-refractivity contribution >= 4 is 35.1 Å². The van der Waals surface area contributed by atoms with Crippen LogP contribution in [0.4, 0.5) is 5.82 Å². The lowest BCUT2D eigenvalue weighted by Gasteiger charge is -2.16. The van der Waals surface area contributed by atoms with Gasteiger partial charge in [-0.25, -0.2) is 19.9 Å². The highest BCUT2D eigenvalue weighted by molar-refractivity contribution is 6.01. The van der Waals surface area contributed by atoms with Gasteiger partial charge in [0.15, 0.2) is 17.3 Å². The number of imidazole rings is 1. The molecule has 1 atom stereocenters. The molecule has 5 aromatic rings. The first-order chi connectivity index (χ1) is 19.9. The molecule has 1 aliphatic carbocycles. The Kier molecular flexibility index (Phi) is 6.68. The van der Waals surface area contributed by atoms with Crippen molar-refractivity contribution < 1.29 is 4.79 Å². The SMILES string of the molecule is CN=CN=C(N)c1ccc2nc(-c3cccnc3N)n(-c3ccc4c(c3)CCC4NC(=O)c3ccc(C)nc3)c2n1. The van der Waals surface area contributed by atoms with Gasteiger partial charge in [0.25, 0.3) is 5.91 Å². The fourth-order valence-electron chi connectivity index (χ4n) is 5.05. The van der Waals surface area contributed by atoms with Gasteiger partial charge >= 0.3 is 0 Å². The second-order valence-electron chi connectivity index (χ2n) is 9.77.